The second-order valence-electron chi connectivity index (χ2n) is 14.2. The van der Waals surface area contributed by atoms with Gasteiger partial charge in [-0.1, -0.05) is 32.9 Å². The fourth-order valence-corrected chi connectivity index (χ4v) is 5.64. The number of alkyl carbamates (subject to hydrolysis) is 1. The topological polar surface area (TPSA) is 174 Å². The minimum Gasteiger partial charge on any atom is -0.444 e. The molecule has 0 bridgehead atoms. The monoisotopic (exact) mass is 690 g/mol. The van der Waals surface area contributed by atoms with Gasteiger partial charge in [-0.15, -0.1) is 0 Å². The van der Waals surface area contributed by atoms with E-state index in [9.17, 15) is 24.0 Å². The molecule has 2 aliphatic rings. The molecule has 0 fully saturated rings. The Morgan fingerprint density at radius 1 is 0.960 bits per heavy atom. The van der Waals surface area contributed by atoms with Gasteiger partial charge in [-0.05, 0) is 81.3 Å². The summed E-state index contributed by atoms with van der Waals surface area (Å²) in [7, 11) is 0. The van der Waals surface area contributed by atoms with Gasteiger partial charge in [-0.25, -0.2) is 14.6 Å². The van der Waals surface area contributed by atoms with E-state index >= 15 is 0 Å². The van der Waals surface area contributed by atoms with E-state index in [4.69, 9.17) is 4.74 Å². The molecule has 0 saturated carbocycles. The summed E-state index contributed by atoms with van der Waals surface area (Å²) in [5.74, 6) is -1.20. The molecule has 6 amide bonds. The van der Waals surface area contributed by atoms with E-state index in [0.29, 0.717) is 51.1 Å². The third-order valence-corrected chi connectivity index (χ3v) is 8.38. The van der Waals surface area contributed by atoms with Crippen LogP contribution in [0.3, 0.4) is 0 Å². The van der Waals surface area contributed by atoms with Crippen LogP contribution in [0.4, 0.5) is 15.3 Å². The van der Waals surface area contributed by atoms with E-state index in [0.717, 1.165) is 22.4 Å². The zero-order chi connectivity index (χ0) is 36.6. The summed E-state index contributed by atoms with van der Waals surface area (Å²) in [6.45, 7) is 14.1. The average molecular weight is 691 g/mol. The number of hydrogen-bond donors (Lipinski definition) is 4. The second-order valence-corrected chi connectivity index (χ2v) is 14.2. The van der Waals surface area contributed by atoms with Gasteiger partial charge in [0.1, 0.15) is 17.7 Å². The van der Waals surface area contributed by atoms with Gasteiger partial charge >= 0.3 is 12.1 Å². The Balaban J connectivity index is 1.21. The smallest absolute Gasteiger partial charge is 0.408 e. The molecule has 14 heteroatoms. The lowest BCUT2D eigenvalue weighted by molar-refractivity contribution is -0.132. The van der Waals surface area contributed by atoms with Gasteiger partial charge in [0, 0.05) is 56.6 Å². The van der Waals surface area contributed by atoms with Crippen molar-refractivity contribution in [3.05, 3.63) is 59.4 Å². The number of fused-ring (bicyclic) bond motifs is 1. The van der Waals surface area contributed by atoms with Gasteiger partial charge < -0.3 is 30.9 Å². The Morgan fingerprint density at radius 2 is 1.66 bits per heavy atom. The summed E-state index contributed by atoms with van der Waals surface area (Å²) >= 11 is 0. The van der Waals surface area contributed by atoms with Crippen LogP contribution >= 0.6 is 0 Å². The van der Waals surface area contributed by atoms with Crippen molar-refractivity contribution in [3.8, 4) is 0 Å². The molecular formula is C36H50N8O6. The van der Waals surface area contributed by atoms with Gasteiger partial charge in [-0.3, -0.25) is 19.4 Å². The van der Waals surface area contributed by atoms with Crippen molar-refractivity contribution in [1.82, 2.24) is 30.8 Å². The minimum absolute atomic E-state index is 0.0630. The maximum Gasteiger partial charge on any atom is 0.408 e. The number of hydrogen-bond acceptors (Lipinski definition) is 8. The summed E-state index contributed by atoms with van der Waals surface area (Å²) in [5.41, 5.74) is 3.77. The van der Waals surface area contributed by atoms with Crippen molar-refractivity contribution < 1.29 is 28.7 Å². The number of hydrazone groups is 1. The maximum atomic E-state index is 12.8. The number of amides is 6. The van der Waals surface area contributed by atoms with E-state index in [1.54, 1.807) is 58.8 Å². The van der Waals surface area contributed by atoms with Crippen LogP contribution in [0.1, 0.15) is 84.4 Å². The molecule has 14 nitrogen and oxygen atoms in total. The number of aromatic nitrogens is 1. The van der Waals surface area contributed by atoms with Crippen molar-refractivity contribution in [2.24, 2.45) is 16.9 Å². The Kier molecular flexibility index (Phi) is 12.5. The van der Waals surface area contributed by atoms with Crippen molar-refractivity contribution in [3.63, 3.8) is 0 Å². The number of anilines is 1. The Hall–Kier alpha value is -5.01. The molecule has 0 aliphatic carbocycles. The SMILES string of the molecule is CC1CC(=O)N(CCCCNC(=O)[C@H](C)NC(=O)[C@@H](NC(=O)OC(C)(C)C)C(C)C)N=C1c1ccc(NC(=O)N2Cc3ccncc3C2)cc1. The molecule has 0 saturated heterocycles. The average Bonchev–Trinajstić information content (AvgIpc) is 3.48. The lowest BCUT2D eigenvalue weighted by Gasteiger charge is -2.28. The Labute approximate surface area is 293 Å². The quantitative estimate of drug-likeness (QED) is 0.242. The number of carbonyl (C=O) groups excluding carboxylic acids is 5. The number of ether oxygens (including phenoxy) is 1. The van der Waals surface area contributed by atoms with E-state index in [1.165, 1.54) is 5.01 Å². The van der Waals surface area contributed by atoms with Gasteiger partial charge in [0.15, 0.2) is 0 Å². The first-order valence-electron chi connectivity index (χ1n) is 17.2. The molecule has 3 atom stereocenters. The highest BCUT2D eigenvalue weighted by Gasteiger charge is 2.30. The van der Waals surface area contributed by atoms with E-state index in [1.807, 2.05) is 37.3 Å². The molecule has 0 radical (unpaired) electrons. The molecule has 0 spiro atoms. The van der Waals surface area contributed by atoms with Crippen LogP contribution < -0.4 is 21.3 Å². The van der Waals surface area contributed by atoms with Crippen LogP contribution in [0.2, 0.25) is 0 Å². The molecule has 2 aliphatic heterocycles. The van der Waals surface area contributed by atoms with Crippen LogP contribution in [0, 0.1) is 11.8 Å². The lowest BCUT2D eigenvalue weighted by atomic mass is 9.93. The predicted octanol–water partition coefficient (Wildman–Crippen LogP) is 4.15. The second kappa shape index (κ2) is 16.6. The molecule has 1 unspecified atom stereocenters. The third kappa shape index (κ3) is 10.5. The zero-order valence-electron chi connectivity index (χ0n) is 30.0. The van der Waals surface area contributed by atoms with Crippen molar-refractivity contribution in [1.29, 1.82) is 0 Å². The standard InChI is InChI=1S/C36H50N8O6/c1-22(2)30(41-35(49)50-36(5,6)7)33(47)39-24(4)32(46)38-15-8-9-17-44-29(45)18-23(3)31(42-44)25-10-12-28(13-11-25)40-34(48)43-20-26-14-16-37-19-27(26)21-43/h10-14,16,19,22-24,30H,8-9,15,17-18,20-21H2,1-7H3,(H,38,46)(H,39,47)(H,40,48)(H,41,49)/t23?,24-,30-/m0/s1. The molecule has 270 valence electrons. The van der Waals surface area contributed by atoms with Crippen LogP contribution in [0.25, 0.3) is 0 Å². The van der Waals surface area contributed by atoms with E-state index in [-0.39, 0.29) is 29.7 Å². The van der Waals surface area contributed by atoms with Gasteiger partial charge in [0.05, 0.1) is 5.71 Å². The van der Waals surface area contributed by atoms with Gasteiger partial charge in [0.2, 0.25) is 17.7 Å². The summed E-state index contributed by atoms with van der Waals surface area (Å²) in [4.78, 5) is 69.2. The maximum absolute atomic E-state index is 12.8. The minimum atomic E-state index is -0.869. The van der Waals surface area contributed by atoms with E-state index < -0.39 is 29.7 Å². The number of carbonyl (C=O) groups is 5. The molecule has 4 rings (SSSR count). The third-order valence-electron chi connectivity index (χ3n) is 8.38. The summed E-state index contributed by atoms with van der Waals surface area (Å²) in [6.07, 6.45) is 4.35. The normalized spacial score (nSPS) is 17.0. The van der Waals surface area contributed by atoms with Crippen LogP contribution in [0.15, 0.2) is 47.8 Å². The molecule has 1 aromatic heterocycles. The molecule has 50 heavy (non-hydrogen) atoms. The number of nitrogens with zero attached hydrogens (tertiary/aromatic N) is 4. The largest absolute Gasteiger partial charge is 0.444 e. The molecule has 2 aromatic rings. The molecule has 3 heterocycles. The molecule has 4 N–H and O–H groups in total. The Bertz CT molecular complexity index is 1560. The summed E-state index contributed by atoms with van der Waals surface area (Å²) in [5, 5.41) is 17.2. The molecular weight excluding hydrogens is 640 g/mol. The number of pyridine rings is 1. The first kappa shape index (κ1) is 37.8. The zero-order valence-corrected chi connectivity index (χ0v) is 30.0. The van der Waals surface area contributed by atoms with Crippen LogP contribution in [-0.4, -0.2) is 81.2 Å². The highest BCUT2D eigenvalue weighted by Crippen LogP contribution is 2.24. The lowest BCUT2D eigenvalue weighted by Crippen LogP contribution is -2.55. The first-order valence-corrected chi connectivity index (χ1v) is 17.2. The first-order chi connectivity index (χ1) is 23.6. The van der Waals surface area contributed by atoms with Crippen LogP contribution in [-0.2, 0) is 32.2 Å². The fourth-order valence-electron chi connectivity index (χ4n) is 5.64. The number of nitrogens with one attached hydrogen (secondary N) is 4. The number of rotatable bonds is 12. The highest BCUT2D eigenvalue weighted by molar-refractivity contribution is 6.06. The summed E-state index contributed by atoms with van der Waals surface area (Å²) < 4.78 is 5.26. The van der Waals surface area contributed by atoms with Gasteiger partial charge in [-0.2, -0.15) is 5.10 Å². The predicted molar refractivity (Wildman–Crippen MR) is 189 cm³/mol. The summed E-state index contributed by atoms with van der Waals surface area (Å²) in [6, 6.07) is 7.52. The number of unbranched alkanes of at least 4 members (excludes halogenated alkanes) is 1. The number of benzene rings is 1. The highest BCUT2D eigenvalue weighted by atomic mass is 16.6. The fraction of sp³-hybridized carbons (Fsp3) is 0.528. The van der Waals surface area contributed by atoms with E-state index in [2.05, 4.69) is 31.4 Å². The Morgan fingerprint density at radius 3 is 2.32 bits per heavy atom. The van der Waals surface area contributed by atoms with Crippen molar-refractivity contribution >= 4 is 41.2 Å². The van der Waals surface area contributed by atoms with Crippen molar-refractivity contribution in [2.45, 2.75) is 98.5 Å². The van der Waals surface area contributed by atoms with Crippen LogP contribution in [0.5, 0.6) is 0 Å². The van der Waals surface area contributed by atoms with Gasteiger partial charge in [0.25, 0.3) is 0 Å². The molecule has 1 aromatic carbocycles. The number of urea groups is 1. The van der Waals surface area contributed by atoms with Crippen molar-refractivity contribution in [2.75, 3.05) is 18.4 Å².